The van der Waals surface area contributed by atoms with Crippen LogP contribution in [0.25, 0.3) is 121 Å². The van der Waals surface area contributed by atoms with Crippen molar-refractivity contribution in [1.82, 2.24) is 23.7 Å². The summed E-state index contributed by atoms with van der Waals surface area (Å²) in [7, 11) is 0. The molecule has 0 bridgehead atoms. The van der Waals surface area contributed by atoms with E-state index in [9.17, 15) is 0 Å². The van der Waals surface area contributed by atoms with Gasteiger partial charge in [-0.2, -0.15) is 0 Å². The first kappa shape index (κ1) is 32.9. The Kier molecular flexibility index (Phi) is 6.61. The van der Waals surface area contributed by atoms with Gasteiger partial charge in [-0.15, -0.1) is 0 Å². The molecule has 1 aliphatic rings. The molecule has 8 aromatic carbocycles. The predicted molar refractivity (Wildman–Crippen MR) is 253 cm³/mol. The van der Waals surface area contributed by atoms with Crippen LogP contribution in [-0.2, 0) is 6.42 Å². The highest BCUT2D eigenvalue weighted by molar-refractivity contribution is 6.26. The highest BCUT2D eigenvalue weighted by atomic mass is 15.0. The van der Waals surface area contributed by atoms with Gasteiger partial charge in [-0.05, 0) is 130 Å². The van der Waals surface area contributed by atoms with E-state index in [1.54, 1.807) is 0 Å². The maximum Gasteiger partial charge on any atom is 0.0553 e. The summed E-state index contributed by atoms with van der Waals surface area (Å²) in [6.45, 7) is 0. The van der Waals surface area contributed by atoms with Crippen LogP contribution in [0.1, 0.15) is 17.7 Å². The van der Waals surface area contributed by atoms with E-state index < -0.39 is 0 Å². The van der Waals surface area contributed by atoms with Crippen molar-refractivity contribution in [3.05, 3.63) is 194 Å². The van der Waals surface area contributed by atoms with Crippen molar-refractivity contribution >= 4 is 87.8 Å². The van der Waals surface area contributed by atoms with Crippen LogP contribution in [0.3, 0.4) is 0 Å². The van der Waals surface area contributed by atoms with Gasteiger partial charge in [0.1, 0.15) is 0 Å². The average Bonchev–Trinajstić information content (AvgIpc) is 3.97. The second kappa shape index (κ2) is 12.3. The molecule has 5 aromatic heterocycles. The van der Waals surface area contributed by atoms with Gasteiger partial charge in [-0.25, -0.2) is 0 Å². The first-order valence-corrected chi connectivity index (χ1v) is 21.1. The Labute approximate surface area is 350 Å². The second-order valence-electron chi connectivity index (χ2n) is 16.6. The second-order valence-corrected chi connectivity index (χ2v) is 16.6. The molecule has 0 saturated heterocycles. The highest BCUT2D eigenvalue weighted by Crippen LogP contribution is 2.46. The van der Waals surface area contributed by atoms with Crippen molar-refractivity contribution in [2.24, 2.45) is 0 Å². The van der Waals surface area contributed by atoms with Crippen LogP contribution in [0, 0.1) is 0 Å². The van der Waals surface area contributed by atoms with Crippen molar-refractivity contribution < 1.29 is 0 Å². The molecule has 0 fully saturated rings. The SMILES string of the molecule is C1=C(n2c3cccc4ccc5cc(-c6cccnc6)cc2c5c43)CCc2c1c1cc(-n3c4cccc5ccc6cc(-c7cccnc7)cc3c6c54)ccc1n2-c1ccccc1. The smallest absolute Gasteiger partial charge is 0.0553 e. The van der Waals surface area contributed by atoms with E-state index in [1.165, 1.54) is 104 Å². The molecule has 0 saturated carbocycles. The number of rotatable bonds is 5. The minimum atomic E-state index is 0.911. The lowest BCUT2D eigenvalue weighted by molar-refractivity contribution is 0.873. The summed E-state index contributed by atoms with van der Waals surface area (Å²) in [5, 5.41) is 11.5. The molecule has 5 heterocycles. The van der Waals surface area contributed by atoms with Crippen molar-refractivity contribution in [1.29, 1.82) is 0 Å². The predicted octanol–water partition coefficient (Wildman–Crippen LogP) is 14.1. The van der Waals surface area contributed by atoms with E-state index in [-0.39, 0.29) is 0 Å². The summed E-state index contributed by atoms with van der Waals surface area (Å²) < 4.78 is 7.55. The molecule has 0 N–H and O–H groups in total. The molecule has 0 radical (unpaired) electrons. The van der Waals surface area contributed by atoms with E-state index in [0.717, 1.165) is 35.2 Å². The minimum absolute atomic E-state index is 0.911. The van der Waals surface area contributed by atoms with Gasteiger partial charge < -0.3 is 13.7 Å². The fraction of sp³-hybridized carbons (Fsp3) is 0.0357. The summed E-state index contributed by atoms with van der Waals surface area (Å²) in [6, 6.07) is 58.3. The normalized spacial score (nSPS) is 13.2. The number of hydrogen-bond acceptors (Lipinski definition) is 2. The molecule has 13 aromatic rings. The molecule has 0 amide bonds. The molecule has 1 aliphatic carbocycles. The quantitative estimate of drug-likeness (QED) is 0.163. The molecule has 0 spiro atoms. The third-order valence-corrected chi connectivity index (χ3v) is 13.4. The molecule has 0 atom stereocenters. The number of aromatic nitrogens is 5. The summed E-state index contributed by atoms with van der Waals surface area (Å²) in [5.74, 6) is 0. The molecule has 14 rings (SSSR count). The molecule has 0 aliphatic heterocycles. The molecule has 0 unspecified atom stereocenters. The number of nitrogens with zero attached hydrogens (tertiary/aromatic N) is 5. The van der Waals surface area contributed by atoms with Crippen molar-refractivity contribution in [2.75, 3.05) is 0 Å². The van der Waals surface area contributed by atoms with Gasteiger partial charge in [0.2, 0.25) is 0 Å². The van der Waals surface area contributed by atoms with Gasteiger partial charge in [0.25, 0.3) is 0 Å². The van der Waals surface area contributed by atoms with E-state index >= 15 is 0 Å². The van der Waals surface area contributed by atoms with Gasteiger partial charge in [0.15, 0.2) is 0 Å². The number of hydrogen-bond donors (Lipinski definition) is 0. The largest absolute Gasteiger partial charge is 0.313 e. The van der Waals surface area contributed by atoms with Crippen LogP contribution in [0.2, 0.25) is 0 Å². The Balaban J connectivity index is 1.05. The summed E-state index contributed by atoms with van der Waals surface area (Å²) >= 11 is 0. The van der Waals surface area contributed by atoms with Crippen molar-refractivity contribution in [3.63, 3.8) is 0 Å². The molecular formula is C56H35N5. The highest BCUT2D eigenvalue weighted by Gasteiger charge is 2.26. The topological polar surface area (TPSA) is 40.6 Å². The number of allylic oxidation sites excluding steroid dienone is 1. The van der Waals surface area contributed by atoms with Crippen LogP contribution in [-0.4, -0.2) is 23.7 Å². The standard InChI is InChI=1S/C56H35N5/c1-2-12-42(13-3-1)59-47-22-20-43(60-49-14-4-8-34-16-18-36-26-40(38-10-6-24-57-32-38)28-51(60)55(36)53(34)49)30-45(47)46-31-44(21-23-48(46)59)61-50-15-5-9-35-17-19-37-27-41(39-11-7-25-58-33-39)29-52(61)56(37)54(35)50/h1-20,22,24-33H,21,23H2. The maximum absolute atomic E-state index is 4.49. The van der Waals surface area contributed by atoms with Gasteiger partial charge >= 0.3 is 0 Å². The number of fused-ring (bicyclic) bond motifs is 3. The van der Waals surface area contributed by atoms with Crippen LogP contribution in [0.4, 0.5) is 0 Å². The number of benzene rings is 8. The summed E-state index contributed by atoms with van der Waals surface area (Å²) in [6.07, 6.45) is 12.0. The van der Waals surface area contributed by atoms with E-state index in [1.807, 2.05) is 36.9 Å². The van der Waals surface area contributed by atoms with Crippen LogP contribution < -0.4 is 0 Å². The molecular weight excluding hydrogens is 743 g/mol. The summed E-state index contributed by atoms with van der Waals surface area (Å²) in [5.41, 5.74) is 17.0. The molecule has 5 heteroatoms. The summed E-state index contributed by atoms with van der Waals surface area (Å²) in [4.78, 5) is 8.97. The first-order valence-electron chi connectivity index (χ1n) is 21.1. The third-order valence-electron chi connectivity index (χ3n) is 13.4. The molecule has 284 valence electrons. The lowest BCUT2D eigenvalue weighted by atomic mass is 9.98. The average molecular weight is 778 g/mol. The first-order chi connectivity index (χ1) is 30.2. The Morgan fingerprint density at radius 3 is 1.62 bits per heavy atom. The Bertz CT molecular complexity index is 3910. The fourth-order valence-corrected chi connectivity index (χ4v) is 10.8. The molecule has 5 nitrogen and oxygen atoms in total. The number of para-hydroxylation sites is 1. The zero-order chi connectivity index (χ0) is 39.8. The number of pyridine rings is 2. The van der Waals surface area contributed by atoms with E-state index in [0.29, 0.717) is 0 Å². The zero-order valence-corrected chi connectivity index (χ0v) is 33.0. The van der Waals surface area contributed by atoms with E-state index in [4.69, 9.17) is 0 Å². The fourth-order valence-electron chi connectivity index (χ4n) is 10.8. The van der Waals surface area contributed by atoms with Gasteiger partial charge in [0.05, 0.1) is 27.6 Å². The Morgan fingerprint density at radius 2 is 0.984 bits per heavy atom. The zero-order valence-electron chi connectivity index (χ0n) is 33.0. The lowest BCUT2D eigenvalue weighted by Crippen LogP contribution is -2.08. The van der Waals surface area contributed by atoms with Gasteiger partial charge in [0, 0.05) is 91.2 Å². The van der Waals surface area contributed by atoms with Crippen molar-refractivity contribution in [3.8, 4) is 33.6 Å². The minimum Gasteiger partial charge on any atom is -0.313 e. The Morgan fingerprint density at radius 1 is 0.377 bits per heavy atom. The van der Waals surface area contributed by atoms with Crippen LogP contribution in [0.5, 0.6) is 0 Å². The Hall–Kier alpha value is -8.02. The van der Waals surface area contributed by atoms with Crippen molar-refractivity contribution in [2.45, 2.75) is 12.8 Å². The van der Waals surface area contributed by atoms with Crippen LogP contribution >= 0.6 is 0 Å². The lowest BCUT2D eigenvalue weighted by Gasteiger charge is -2.20. The van der Waals surface area contributed by atoms with Gasteiger partial charge in [-0.1, -0.05) is 78.9 Å². The monoisotopic (exact) mass is 777 g/mol. The third kappa shape index (κ3) is 4.60. The maximum atomic E-state index is 4.49. The molecule has 61 heavy (non-hydrogen) atoms. The van der Waals surface area contributed by atoms with Crippen LogP contribution in [0.15, 0.2) is 183 Å². The van der Waals surface area contributed by atoms with Gasteiger partial charge in [-0.3, -0.25) is 9.97 Å². The van der Waals surface area contributed by atoms with E-state index in [2.05, 4.69) is 175 Å².